The van der Waals surface area contributed by atoms with E-state index >= 15 is 0 Å². The van der Waals surface area contributed by atoms with E-state index in [1.54, 1.807) is 0 Å². The molecule has 78 valence electrons. The minimum Gasteiger partial charge on any atom is -0.337 e. The Morgan fingerprint density at radius 1 is 1.43 bits per heavy atom. The SMILES string of the molecule is CCOP(O)(=S)SCc1ccccc1. The number of hydrogen-bond acceptors (Lipinski definition) is 3. The quantitative estimate of drug-likeness (QED) is 0.810. The van der Waals surface area contributed by atoms with E-state index in [2.05, 4.69) is 0 Å². The van der Waals surface area contributed by atoms with Gasteiger partial charge < -0.3 is 9.42 Å². The van der Waals surface area contributed by atoms with Crippen LogP contribution >= 0.6 is 17.1 Å². The zero-order chi connectivity index (χ0) is 10.4. The molecule has 0 amide bonds. The maximum absolute atomic E-state index is 9.64. The summed E-state index contributed by atoms with van der Waals surface area (Å²) >= 11 is 6.26. The summed E-state index contributed by atoms with van der Waals surface area (Å²) in [4.78, 5) is 9.64. The van der Waals surface area contributed by atoms with E-state index < -0.39 is 5.69 Å². The van der Waals surface area contributed by atoms with Crippen LogP contribution < -0.4 is 0 Å². The van der Waals surface area contributed by atoms with Crippen LogP contribution in [0.3, 0.4) is 0 Å². The minimum atomic E-state index is -2.61. The summed E-state index contributed by atoms with van der Waals surface area (Å²) in [6.45, 7) is 2.30. The Morgan fingerprint density at radius 3 is 2.64 bits per heavy atom. The average molecular weight is 248 g/mol. The van der Waals surface area contributed by atoms with Gasteiger partial charge in [0.2, 0.25) is 5.69 Å². The molecule has 0 bridgehead atoms. The maximum Gasteiger partial charge on any atom is 0.245 e. The van der Waals surface area contributed by atoms with Crippen LogP contribution in [0.1, 0.15) is 12.5 Å². The summed E-state index contributed by atoms with van der Waals surface area (Å²) in [6, 6.07) is 9.92. The molecule has 0 fully saturated rings. The molecule has 1 aromatic carbocycles. The van der Waals surface area contributed by atoms with Crippen molar-refractivity contribution in [3.63, 3.8) is 0 Å². The van der Waals surface area contributed by atoms with Gasteiger partial charge in [-0.3, -0.25) is 0 Å². The lowest BCUT2D eigenvalue weighted by atomic mass is 10.2. The van der Waals surface area contributed by atoms with Crippen LogP contribution in [0.2, 0.25) is 0 Å². The molecule has 1 N–H and O–H groups in total. The highest BCUT2D eigenvalue weighted by Gasteiger charge is 2.13. The van der Waals surface area contributed by atoms with E-state index in [1.165, 1.54) is 11.4 Å². The summed E-state index contributed by atoms with van der Waals surface area (Å²) in [5.41, 5.74) is -1.45. The predicted molar refractivity (Wildman–Crippen MR) is 65.9 cm³/mol. The summed E-state index contributed by atoms with van der Waals surface area (Å²) in [5, 5.41) is 0. The molecule has 0 saturated heterocycles. The van der Waals surface area contributed by atoms with Gasteiger partial charge in [-0.25, -0.2) is 0 Å². The van der Waals surface area contributed by atoms with Crippen LogP contribution in [0, 0.1) is 0 Å². The highest BCUT2D eigenvalue weighted by Crippen LogP contribution is 2.57. The fourth-order valence-corrected chi connectivity index (χ4v) is 4.10. The first-order chi connectivity index (χ1) is 6.64. The highest BCUT2D eigenvalue weighted by molar-refractivity contribution is 8.67. The Hall–Kier alpha value is 0.140. The van der Waals surface area contributed by atoms with E-state index in [-0.39, 0.29) is 0 Å². The van der Waals surface area contributed by atoms with Gasteiger partial charge in [0.05, 0.1) is 6.61 Å². The van der Waals surface area contributed by atoms with Crippen molar-refractivity contribution in [1.29, 1.82) is 0 Å². The zero-order valence-electron chi connectivity index (χ0n) is 7.92. The number of rotatable bonds is 5. The van der Waals surface area contributed by atoms with E-state index in [9.17, 15) is 4.89 Å². The standard InChI is InChI=1S/C9H13O2PS2/c1-2-11-12(10,13)14-8-9-6-4-3-5-7-9/h3-7H,2,8H2,1H3,(H,10,13). The fourth-order valence-electron chi connectivity index (χ4n) is 0.931. The smallest absolute Gasteiger partial charge is 0.245 e. The molecule has 1 unspecified atom stereocenters. The molecule has 0 heterocycles. The first-order valence-corrected chi connectivity index (χ1v) is 8.56. The number of benzene rings is 1. The molecule has 0 radical (unpaired) electrons. The second-order valence-corrected chi connectivity index (χ2v) is 8.83. The van der Waals surface area contributed by atoms with Gasteiger partial charge in [0.15, 0.2) is 0 Å². The maximum atomic E-state index is 9.64. The lowest BCUT2D eigenvalue weighted by Crippen LogP contribution is -1.85. The topological polar surface area (TPSA) is 29.5 Å². The van der Waals surface area contributed by atoms with Gasteiger partial charge in [0.25, 0.3) is 0 Å². The van der Waals surface area contributed by atoms with Crippen LogP contribution in [-0.2, 0) is 22.1 Å². The second-order valence-electron chi connectivity index (χ2n) is 2.65. The van der Waals surface area contributed by atoms with Crippen molar-refractivity contribution in [2.75, 3.05) is 6.61 Å². The normalized spacial score (nSPS) is 15.0. The Morgan fingerprint density at radius 2 is 2.07 bits per heavy atom. The average Bonchev–Trinajstić information content (AvgIpc) is 2.17. The van der Waals surface area contributed by atoms with Gasteiger partial charge >= 0.3 is 0 Å². The van der Waals surface area contributed by atoms with Crippen LogP contribution in [0.25, 0.3) is 0 Å². The minimum absolute atomic E-state index is 0.468. The second kappa shape index (κ2) is 5.89. The van der Waals surface area contributed by atoms with Gasteiger partial charge in [0.1, 0.15) is 0 Å². The Labute approximate surface area is 93.6 Å². The Bertz CT molecular complexity index is 316. The first-order valence-electron chi connectivity index (χ1n) is 4.30. The molecule has 0 aliphatic carbocycles. The van der Waals surface area contributed by atoms with Gasteiger partial charge in [-0.15, -0.1) is 0 Å². The van der Waals surface area contributed by atoms with Crippen LogP contribution in [-0.4, -0.2) is 11.5 Å². The molecule has 0 aliphatic rings. The van der Waals surface area contributed by atoms with Crippen molar-refractivity contribution in [2.24, 2.45) is 0 Å². The third-order valence-electron chi connectivity index (χ3n) is 1.53. The number of hydrogen-bond donors (Lipinski definition) is 1. The first kappa shape index (κ1) is 12.2. The molecule has 2 nitrogen and oxygen atoms in total. The summed E-state index contributed by atoms with van der Waals surface area (Å²) in [6.07, 6.45) is 0. The lowest BCUT2D eigenvalue weighted by molar-refractivity contribution is 0.340. The molecule has 0 aliphatic heterocycles. The van der Waals surface area contributed by atoms with E-state index in [1.807, 2.05) is 37.3 Å². The van der Waals surface area contributed by atoms with Crippen molar-refractivity contribution < 1.29 is 9.42 Å². The molecule has 5 heteroatoms. The van der Waals surface area contributed by atoms with Gasteiger partial charge in [-0.2, -0.15) is 0 Å². The summed E-state index contributed by atoms with van der Waals surface area (Å²) in [5.74, 6) is 0.703. The van der Waals surface area contributed by atoms with Gasteiger partial charge in [-0.1, -0.05) is 41.7 Å². The molecular formula is C9H13O2PS2. The molecular weight excluding hydrogens is 235 g/mol. The van der Waals surface area contributed by atoms with E-state index in [0.29, 0.717) is 12.4 Å². The molecule has 0 spiro atoms. The Kier molecular flexibility index (Phi) is 5.13. The molecule has 1 aromatic rings. The van der Waals surface area contributed by atoms with E-state index in [0.717, 1.165) is 5.56 Å². The van der Waals surface area contributed by atoms with Crippen LogP contribution in [0.15, 0.2) is 30.3 Å². The molecule has 0 saturated carbocycles. The zero-order valence-corrected chi connectivity index (χ0v) is 10.4. The lowest BCUT2D eigenvalue weighted by Gasteiger charge is -2.13. The largest absolute Gasteiger partial charge is 0.337 e. The van der Waals surface area contributed by atoms with Crippen LogP contribution in [0.4, 0.5) is 0 Å². The summed E-state index contributed by atoms with van der Waals surface area (Å²) < 4.78 is 5.10. The third-order valence-corrected chi connectivity index (χ3v) is 5.85. The van der Waals surface area contributed by atoms with Gasteiger partial charge in [-0.05, 0) is 24.3 Å². The van der Waals surface area contributed by atoms with Crippen molar-refractivity contribution in [3.05, 3.63) is 35.9 Å². The highest BCUT2D eigenvalue weighted by atomic mass is 32.9. The molecule has 0 aromatic heterocycles. The Balaban J connectivity index is 2.45. The van der Waals surface area contributed by atoms with Crippen molar-refractivity contribution in [2.45, 2.75) is 12.7 Å². The molecule has 14 heavy (non-hydrogen) atoms. The predicted octanol–water partition coefficient (Wildman–Crippen LogP) is 3.17. The van der Waals surface area contributed by atoms with Gasteiger partial charge in [0, 0.05) is 5.75 Å². The van der Waals surface area contributed by atoms with Crippen molar-refractivity contribution in [1.82, 2.24) is 0 Å². The summed E-state index contributed by atoms with van der Waals surface area (Å²) in [7, 11) is 0. The van der Waals surface area contributed by atoms with E-state index in [4.69, 9.17) is 16.3 Å². The van der Waals surface area contributed by atoms with Crippen molar-refractivity contribution >= 4 is 28.9 Å². The molecule has 1 atom stereocenters. The fraction of sp³-hybridized carbons (Fsp3) is 0.333. The molecule has 1 rings (SSSR count). The monoisotopic (exact) mass is 248 g/mol. The van der Waals surface area contributed by atoms with Crippen molar-refractivity contribution in [3.8, 4) is 0 Å². The van der Waals surface area contributed by atoms with Crippen LogP contribution in [0.5, 0.6) is 0 Å². The third kappa shape index (κ3) is 4.58.